The number of benzene rings is 1. The van der Waals surface area contributed by atoms with E-state index in [9.17, 15) is 4.79 Å². The van der Waals surface area contributed by atoms with E-state index >= 15 is 0 Å². The highest BCUT2D eigenvalue weighted by Crippen LogP contribution is 2.12. The van der Waals surface area contributed by atoms with Gasteiger partial charge in [-0.1, -0.05) is 25.5 Å². The second kappa shape index (κ2) is 7.39. The summed E-state index contributed by atoms with van der Waals surface area (Å²) in [7, 11) is 0. The predicted octanol–water partition coefficient (Wildman–Crippen LogP) is 2.88. The Kier molecular flexibility index (Phi) is 6.96. The third-order valence-electron chi connectivity index (χ3n) is 2.78. The van der Waals surface area contributed by atoms with Gasteiger partial charge in [0, 0.05) is 17.6 Å². The maximum atomic E-state index is 12.0. The lowest BCUT2D eigenvalue weighted by molar-refractivity contribution is 0.0909. The van der Waals surface area contributed by atoms with Gasteiger partial charge in [-0.15, -0.1) is 12.4 Å². The minimum atomic E-state index is -0.154. The number of amides is 1. The van der Waals surface area contributed by atoms with Gasteiger partial charge in [-0.2, -0.15) is 0 Å². The summed E-state index contributed by atoms with van der Waals surface area (Å²) >= 11 is 0. The third kappa shape index (κ3) is 5.07. The van der Waals surface area contributed by atoms with Crippen LogP contribution in [0.2, 0.25) is 0 Å². The standard InChI is InChI=1S/C14H22N2O.ClH/c1-4-9-14(2,3)16-13(17)12-7-5-11(10-15)6-8-12;/h5-8H,4,9-10,15H2,1-3H3,(H,16,17);1H. The summed E-state index contributed by atoms with van der Waals surface area (Å²) in [6.45, 7) is 6.71. The fourth-order valence-corrected chi connectivity index (χ4v) is 1.86. The van der Waals surface area contributed by atoms with E-state index in [1.807, 2.05) is 38.1 Å². The van der Waals surface area contributed by atoms with Crippen LogP contribution in [-0.4, -0.2) is 11.4 Å². The van der Waals surface area contributed by atoms with E-state index < -0.39 is 0 Å². The number of carbonyl (C=O) groups excluding carboxylic acids is 1. The first-order chi connectivity index (χ1) is 7.98. The molecule has 0 spiro atoms. The Morgan fingerprint density at radius 3 is 2.28 bits per heavy atom. The van der Waals surface area contributed by atoms with Gasteiger partial charge in [-0.25, -0.2) is 0 Å². The van der Waals surface area contributed by atoms with Crippen LogP contribution in [-0.2, 0) is 6.54 Å². The molecule has 4 heteroatoms. The maximum absolute atomic E-state index is 12.0. The van der Waals surface area contributed by atoms with Crippen molar-refractivity contribution in [2.24, 2.45) is 5.73 Å². The second-order valence-corrected chi connectivity index (χ2v) is 4.99. The van der Waals surface area contributed by atoms with Crippen molar-refractivity contribution in [2.45, 2.75) is 45.7 Å². The van der Waals surface area contributed by atoms with Gasteiger partial charge in [-0.3, -0.25) is 4.79 Å². The van der Waals surface area contributed by atoms with E-state index in [0.717, 1.165) is 18.4 Å². The number of hydrogen-bond acceptors (Lipinski definition) is 2. The average Bonchev–Trinajstić information content (AvgIpc) is 2.28. The Morgan fingerprint density at radius 2 is 1.83 bits per heavy atom. The highest BCUT2D eigenvalue weighted by atomic mass is 35.5. The zero-order valence-electron chi connectivity index (χ0n) is 11.3. The van der Waals surface area contributed by atoms with Crippen LogP contribution in [0.4, 0.5) is 0 Å². The average molecular weight is 271 g/mol. The van der Waals surface area contributed by atoms with Crippen molar-refractivity contribution >= 4 is 18.3 Å². The lowest BCUT2D eigenvalue weighted by atomic mass is 9.98. The molecule has 0 aliphatic rings. The molecule has 0 heterocycles. The first kappa shape index (κ1) is 16.9. The third-order valence-corrected chi connectivity index (χ3v) is 2.78. The van der Waals surface area contributed by atoms with Crippen molar-refractivity contribution in [3.05, 3.63) is 35.4 Å². The summed E-state index contributed by atoms with van der Waals surface area (Å²) in [5.74, 6) is -0.0213. The topological polar surface area (TPSA) is 55.1 Å². The van der Waals surface area contributed by atoms with Gasteiger partial charge in [0.05, 0.1) is 0 Å². The predicted molar refractivity (Wildman–Crippen MR) is 78.0 cm³/mol. The largest absolute Gasteiger partial charge is 0.347 e. The number of carbonyl (C=O) groups is 1. The molecule has 0 saturated carbocycles. The normalized spacial score (nSPS) is 10.7. The highest BCUT2D eigenvalue weighted by Gasteiger charge is 2.19. The van der Waals surface area contributed by atoms with Gasteiger partial charge in [0.15, 0.2) is 0 Å². The van der Waals surface area contributed by atoms with Crippen LogP contribution in [0.1, 0.15) is 49.5 Å². The monoisotopic (exact) mass is 270 g/mol. The molecule has 1 rings (SSSR count). The number of nitrogens with two attached hydrogens (primary N) is 1. The number of rotatable bonds is 5. The lowest BCUT2D eigenvalue weighted by Gasteiger charge is -2.25. The van der Waals surface area contributed by atoms with Crippen LogP contribution in [0.5, 0.6) is 0 Å². The van der Waals surface area contributed by atoms with Crippen molar-refractivity contribution in [1.82, 2.24) is 5.32 Å². The summed E-state index contributed by atoms with van der Waals surface area (Å²) < 4.78 is 0. The molecule has 3 nitrogen and oxygen atoms in total. The second-order valence-electron chi connectivity index (χ2n) is 4.99. The molecule has 102 valence electrons. The smallest absolute Gasteiger partial charge is 0.251 e. The summed E-state index contributed by atoms with van der Waals surface area (Å²) in [4.78, 5) is 12.0. The van der Waals surface area contributed by atoms with Gasteiger partial charge < -0.3 is 11.1 Å². The molecular weight excluding hydrogens is 248 g/mol. The van der Waals surface area contributed by atoms with Crippen molar-refractivity contribution in [3.63, 3.8) is 0 Å². The Hall–Kier alpha value is -1.06. The molecule has 1 aromatic carbocycles. The SMILES string of the molecule is CCCC(C)(C)NC(=O)c1ccc(CN)cc1.Cl. The minimum Gasteiger partial charge on any atom is -0.347 e. The fraction of sp³-hybridized carbons (Fsp3) is 0.500. The first-order valence-electron chi connectivity index (χ1n) is 6.10. The molecule has 1 aromatic rings. The van der Waals surface area contributed by atoms with Crippen LogP contribution < -0.4 is 11.1 Å². The molecule has 0 atom stereocenters. The zero-order chi connectivity index (χ0) is 12.9. The molecule has 0 bridgehead atoms. The Morgan fingerprint density at radius 1 is 1.28 bits per heavy atom. The molecule has 0 unspecified atom stereocenters. The zero-order valence-corrected chi connectivity index (χ0v) is 12.1. The van der Waals surface area contributed by atoms with Gasteiger partial charge in [0.1, 0.15) is 0 Å². The molecule has 3 N–H and O–H groups in total. The van der Waals surface area contributed by atoms with Crippen molar-refractivity contribution in [3.8, 4) is 0 Å². The highest BCUT2D eigenvalue weighted by molar-refractivity contribution is 5.94. The van der Waals surface area contributed by atoms with Gasteiger partial charge in [-0.05, 0) is 38.0 Å². The molecule has 18 heavy (non-hydrogen) atoms. The van der Waals surface area contributed by atoms with Gasteiger partial charge in [0.25, 0.3) is 5.91 Å². The number of hydrogen-bond donors (Lipinski definition) is 2. The van der Waals surface area contributed by atoms with E-state index in [-0.39, 0.29) is 23.9 Å². The van der Waals surface area contributed by atoms with E-state index in [1.54, 1.807) is 0 Å². The first-order valence-corrected chi connectivity index (χ1v) is 6.10. The molecular formula is C14H23ClN2O. The van der Waals surface area contributed by atoms with Gasteiger partial charge in [0.2, 0.25) is 0 Å². The molecule has 0 aliphatic carbocycles. The summed E-state index contributed by atoms with van der Waals surface area (Å²) in [5, 5.41) is 3.04. The molecule has 0 saturated heterocycles. The summed E-state index contributed by atoms with van der Waals surface area (Å²) in [6.07, 6.45) is 2.03. The van der Waals surface area contributed by atoms with Crippen molar-refractivity contribution in [2.75, 3.05) is 0 Å². The summed E-state index contributed by atoms with van der Waals surface area (Å²) in [6, 6.07) is 7.42. The quantitative estimate of drug-likeness (QED) is 0.864. The Balaban J connectivity index is 0.00000289. The van der Waals surface area contributed by atoms with E-state index in [0.29, 0.717) is 12.1 Å². The van der Waals surface area contributed by atoms with Gasteiger partial charge >= 0.3 is 0 Å². The number of halogens is 1. The van der Waals surface area contributed by atoms with Crippen molar-refractivity contribution in [1.29, 1.82) is 0 Å². The Bertz CT molecular complexity index is 374. The van der Waals surface area contributed by atoms with E-state index in [2.05, 4.69) is 12.2 Å². The molecule has 0 aliphatic heterocycles. The van der Waals surface area contributed by atoms with Crippen molar-refractivity contribution < 1.29 is 4.79 Å². The lowest BCUT2D eigenvalue weighted by Crippen LogP contribution is -2.43. The van der Waals surface area contributed by atoms with E-state index in [1.165, 1.54) is 0 Å². The van der Waals surface area contributed by atoms with Crippen LogP contribution in [0.15, 0.2) is 24.3 Å². The molecule has 0 radical (unpaired) electrons. The Labute approximate surface area is 116 Å². The van der Waals surface area contributed by atoms with Crippen LogP contribution in [0.25, 0.3) is 0 Å². The molecule has 1 amide bonds. The van der Waals surface area contributed by atoms with Crippen LogP contribution >= 0.6 is 12.4 Å². The summed E-state index contributed by atoms with van der Waals surface area (Å²) in [5.41, 5.74) is 7.09. The van der Waals surface area contributed by atoms with Crippen LogP contribution in [0, 0.1) is 0 Å². The molecule has 0 aromatic heterocycles. The van der Waals surface area contributed by atoms with E-state index in [4.69, 9.17) is 5.73 Å². The molecule has 0 fully saturated rings. The number of nitrogens with one attached hydrogen (secondary N) is 1. The van der Waals surface area contributed by atoms with Crippen LogP contribution in [0.3, 0.4) is 0 Å². The maximum Gasteiger partial charge on any atom is 0.251 e. The minimum absolute atomic E-state index is 0. The fourth-order valence-electron chi connectivity index (χ4n) is 1.86.